The number of hydroxylamine groups is 1. The highest BCUT2D eigenvalue weighted by atomic mass is 35.5. The summed E-state index contributed by atoms with van der Waals surface area (Å²) >= 11 is 6.33. The van der Waals surface area contributed by atoms with Gasteiger partial charge in [0.25, 0.3) is 5.91 Å². The van der Waals surface area contributed by atoms with E-state index in [-0.39, 0.29) is 11.5 Å². The van der Waals surface area contributed by atoms with Crippen LogP contribution >= 0.6 is 11.6 Å². The number of nitrogens with one attached hydrogen (secondary N) is 1. The van der Waals surface area contributed by atoms with Crippen molar-refractivity contribution in [1.29, 1.82) is 0 Å². The first kappa shape index (κ1) is 19.0. The van der Waals surface area contributed by atoms with Gasteiger partial charge in [0, 0.05) is 11.6 Å². The van der Waals surface area contributed by atoms with Gasteiger partial charge in [-0.05, 0) is 43.7 Å². The van der Waals surface area contributed by atoms with Crippen molar-refractivity contribution in [2.75, 3.05) is 13.2 Å². The fraction of sp³-hybridized carbons (Fsp3) is 0.263. The predicted molar refractivity (Wildman–Crippen MR) is 97.5 cm³/mol. The molecule has 1 aliphatic rings. The maximum absolute atomic E-state index is 12.3. The number of aromatic carboxylic acids is 1. The van der Waals surface area contributed by atoms with Crippen LogP contribution in [0.4, 0.5) is 0 Å². The topological polar surface area (TPSA) is 94.1 Å². The molecule has 0 fully saturated rings. The van der Waals surface area contributed by atoms with E-state index in [1.807, 2.05) is 0 Å². The van der Waals surface area contributed by atoms with Crippen LogP contribution in [0.2, 0.25) is 5.02 Å². The largest absolute Gasteiger partial charge is 0.493 e. The number of fused-ring (bicyclic) bond motifs is 1. The van der Waals surface area contributed by atoms with Gasteiger partial charge in [-0.3, -0.25) is 9.63 Å². The maximum atomic E-state index is 12.3. The number of rotatable bonds is 6. The van der Waals surface area contributed by atoms with Crippen LogP contribution < -0.4 is 15.0 Å². The standard InChI is InChI=1S/C19H18ClNO6/c1-2-26-21-18(22)13-7-8-25-16-10-17(15(20)9-14(13)16)27-12-5-3-11(4-6-12)19(23)24/h3-6,9-10,13H,2,7-8H2,1H3,(H,21,22)(H,23,24). The Morgan fingerprint density at radius 1 is 1.30 bits per heavy atom. The molecule has 0 radical (unpaired) electrons. The molecule has 7 nitrogen and oxygen atoms in total. The van der Waals surface area contributed by atoms with E-state index < -0.39 is 11.9 Å². The van der Waals surface area contributed by atoms with Crippen LogP contribution in [0.25, 0.3) is 0 Å². The summed E-state index contributed by atoms with van der Waals surface area (Å²) in [5.74, 6) is -0.401. The molecule has 0 aliphatic carbocycles. The van der Waals surface area contributed by atoms with Gasteiger partial charge in [-0.2, -0.15) is 0 Å². The lowest BCUT2D eigenvalue weighted by atomic mass is 9.92. The Kier molecular flexibility index (Phi) is 5.83. The number of carbonyl (C=O) groups is 2. The Hall–Kier alpha value is -2.77. The van der Waals surface area contributed by atoms with Gasteiger partial charge in [0.05, 0.1) is 29.7 Å². The molecule has 0 bridgehead atoms. The molecule has 0 spiro atoms. The lowest BCUT2D eigenvalue weighted by Crippen LogP contribution is -2.32. The first-order chi connectivity index (χ1) is 13.0. The van der Waals surface area contributed by atoms with E-state index in [4.69, 9.17) is 31.0 Å². The maximum Gasteiger partial charge on any atom is 0.335 e. The number of halogens is 1. The Morgan fingerprint density at radius 3 is 2.70 bits per heavy atom. The highest BCUT2D eigenvalue weighted by molar-refractivity contribution is 6.32. The molecule has 1 unspecified atom stereocenters. The molecule has 1 heterocycles. The first-order valence-electron chi connectivity index (χ1n) is 8.38. The zero-order valence-electron chi connectivity index (χ0n) is 14.5. The van der Waals surface area contributed by atoms with Gasteiger partial charge in [-0.1, -0.05) is 11.6 Å². The number of carboxylic acids is 1. The number of amides is 1. The average Bonchev–Trinajstić information content (AvgIpc) is 2.66. The van der Waals surface area contributed by atoms with Crippen molar-refractivity contribution < 1.29 is 29.0 Å². The molecule has 1 amide bonds. The van der Waals surface area contributed by atoms with Crippen LogP contribution in [0.3, 0.4) is 0 Å². The van der Waals surface area contributed by atoms with E-state index in [9.17, 15) is 9.59 Å². The number of hydrogen-bond acceptors (Lipinski definition) is 5. The molecule has 8 heteroatoms. The highest BCUT2D eigenvalue weighted by Crippen LogP contribution is 2.41. The van der Waals surface area contributed by atoms with Crippen molar-refractivity contribution in [3.63, 3.8) is 0 Å². The molecule has 0 saturated heterocycles. The summed E-state index contributed by atoms with van der Waals surface area (Å²) < 4.78 is 11.4. The minimum absolute atomic E-state index is 0.158. The minimum atomic E-state index is -1.02. The average molecular weight is 392 g/mol. The Bertz CT molecular complexity index is 852. The Morgan fingerprint density at radius 2 is 2.04 bits per heavy atom. The lowest BCUT2D eigenvalue weighted by Gasteiger charge is -2.26. The molecule has 0 saturated carbocycles. The second-order valence-electron chi connectivity index (χ2n) is 5.84. The molecule has 3 rings (SSSR count). The SMILES string of the molecule is CCONC(=O)C1CCOc2cc(Oc3ccc(C(=O)O)cc3)c(Cl)cc21. The molecule has 2 aromatic rings. The normalized spacial score (nSPS) is 15.4. The van der Waals surface area contributed by atoms with Crippen LogP contribution in [-0.4, -0.2) is 30.2 Å². The van der Waals surface area contributed by atoms with Crippen LogP contribution in [0.15, 0.2) is 36.4 Å². The van der Waals surface area contributed by atoms with E-state index in [2.05, 4.69) is 5.48 Å². The summed E-state index contributed by atoms with van der Waals surface area (Å²) in [7, 11) is 0. The van der Waals surface area contributed by atoms with Gasteiger partial charge in [-0.25, -0.2) is 10.3 Å². The monoisotopic (exact) mass is 391 g/mol. The van der Waals surface area contributed by atoms with Crippen LogP contribution in [0.5, 0.6) is 17.2 Å². The van der Waals surface area contributed by atoms with Crippen molar-refractivity contribution >= 4 is 23.5 Å². The number of carboxylic acid groups (broad SMARTS) is 1. The van der Waals surface area contributed by atoms with Gasteiger partial charge in [0.1, 0.15) is 17.2 Å². The van der Waals surface area contributed by atoms with Gasteiger partial charge in [0.15, 0.2) is 0 Å². The summed E-state index contributed by atoms with van der Waals surface area (Å²) in [5, 5.41) is 9.26. The highest BCUT2D eigenvalue weighted by Gasteiger charge is 2.29. The summed E-state index contributed by atoms with van der Waals surface area (Å²) in [5.41, 5.74) is 3.24. The predicted octanol–water partition coefficient (Wildman–Crippen LogP) is 3.76. The number of hydrogen-bond donors (Lipinski definition) is 2. The van der Waals surface area contributed by atoms with Gasteiger partial charge < -0.3 is 14.6 Å². The summed E-state index contributed by atoms with van der Waals surface area (Å²) in [4.78, 5) is 28.2. The van der Waals surface area contributed by atoms with Gasteiger partial charge in [-0.15, -0.1) is 0 Å². The van der Waals surface area contributed by atoms with Gasteiger partial charge in [0.2, 0.25) is 0 Å². The molecule has 2 N–H and O–H groups in total. The second-order valence-corrected chi connectivity index (χ2v) is 6.25. The molecule has 1 atom stereocenters. The van der Waals surface area contributed by atoms with Crippen molar-refractivity contribution in [2.24, 2.45) is 0 Å². The Balaban J connectivity index is 1.83. The molecule has 0 aromatic heterocycles. The molecular formula is C19H18ClNO6. The van der Waals surface area contributed by atoms with Crippen molar-refractivity contribution in [3.8, 4) is 17.2 Å². The van der Waals surface area contributed by atoms with Crippen LogP contribution in [-0.2, 0) is 9.63 Å². The molecule has 2 aromatic carbocycles. The van der Waals surface area contributed by atoms with Crippen molar-refractivity contribution in [1.82, 2.24) is 5.48 Å². The second kappa shape index (κ2) is 8.28. The quantitative estimate of drug-likeness (QED) is 0.728. The van der Waals surface area contributed by atoms with Crippen LogP contribution in [0, 0.1) is 0 Å². The van der Waals surface area contributed by atoms with Crippen LogP contribution in [0.1, 0.15) is 35.2 Å². The summed E-state index contributed by atoms with van der Waals surface area (Å²) in [6.07, 6.45) is 0.513. The zero-order chi connectivity index (χ0) is 19.4. The zero-order valence-corrected chi connectivity index (χ0v) is 15.3. The van der Waals surface area contributed by atoms with Gasteiger partial charge >= 0.3 is 5.97 Å². The number of carbonyl (C=O) groups excluding carboxylic acids is 1. The third-order valence-electron chi connectivity index (χ3n) is 4.07. The molecule has 27 heavy (non-hydrogen) atoms. The fourth-order valence-corrected chi connectivity index (χ4v) is 2.96. The lowest BCUT2D eigenvalue weighted by molar-refractivity contribution is -0.135. The van der Waals surface area contributed by atoms with E-state index in [0.29, 0.717) is 47.5 Å². The van der Waals surface area contributed by atoms with E-state index in [1.54, 1.807) is 31.2 Å². The molecular weight excluding hydrogens is 374 g/mol. The number of ether oxygens (including phenoxy) is 2. The minimum Gasteiger partial charge on any atom is -0.493 e. The first-order valence-corrected chi connectivity index (χ1v) is 8.76. The smallest absolute Gasteiger partial charge is 0.335 e. The molecule has 1 aliphatic heterocycles. The van der Waals surface area contributed by atoms with E-state index in [0.717, 1.165) is 0 Å². The van der Waals surface area contributed by atoms with Crippen molar-refractivity contribution in [2.45, 2.75) is 19.3 Å². The summed E-state index contributed by atoms with van der Waals surface area (Å²) in [6.45, 7) is 2.53. The third kappa shape index (κ3) is 4.32. The van der Waals surface area contributed by atoms with Crippen molar-refractivity contribution in [3.05, 3.63) is 52.5 Å². The fourth-order valence-electron chi connectivity index (χ4n) is 2.75. The van der Waals surface area contributed by atoms with E-state index in [1.165, 1.54) is 12.1 Å². The third-order valence-corrected chi connectivity index (χ3v) is 4.36. The number of benzene rings is 2. The van der Waals surface area contributed by atoms with E-state index >= 15 is 0 Å². The molecule has 142 valence electrons. The summed E-state index contributed by atoms with van der Waals surface area (Å²) in [6, 6.07) is 9.23. The Labute approximate surface area is 160 Å².